The summed E-state index contributed by atoms with van der Waals surface area (Å²) in [5.41, 5.74) is 5.05. The molecule has 8 nitrogen and oxygen atoms in total. The van der Waals surface area contributed by atoms with E-state index in [4.69, 9.17) is 4.84 Å². The molecule has 0 fully saturated rings. The number of anilines is 1. The van der Waals surface area contributed by atoms with E-state index in [2.05, 4.69) is 22.1 Å². The average Bonchev–Trinajstić information content (AvgIpc) is 2.67. The number of rotatable bonds is 10. The number of hydrogen-bond donors (Lipinski definition) is 4. The molecule has 0 spiro atoms. The molecule has 0 aliphatic heterocycles. The number of amides is 1. The molecule has 0 aliphatic rings. The van der Waals surface area contributed by atoms with Gasteiger partial charge in [0.25, 0.3) is 10.0 Å². The van der Waals surface area contributed by atoms with Gasteiger partial charge in [0.15, 0.2) is 0 Å². The van der Waals surface area contributed by atoms with Crippen LogP contribution in [0.5, 0.6) is 5.75 Å². The van der Waals surface area contributed by atoms with Crippen LogP contribution in [0, 0.1) is 13.8 Å². The summed E-state index contributed by atoms with van der Waals surface area (Å²) in [5.74, 6) is -0.604. The Balaban J connectivity index is 2.09. The summed E-state index contributed by atoms with van der Waals surface area (Å²) in [4.78, 5) is 17.4. The highest BCUT2D eigenvalue weighted by Crippen LogP contribution is 2.32. The van der Waals surface area contributed by atoms with Crippen LogP contribution in [0.1, 0.15) is 23.6 Å². The minimum Gasteiger partial charge on any atom is -0.505 e. The molecule has 4 N–H and O–H groups in total. The van der Waals surface area contributed by atoms with Crippen molar-refractivity contribution in [1.82, 2.24) is 10.8 Å². The normalized spacial score (nSPS) is 11.0. The van der Waals surface area contributed by atoms with E-state index >= 15 is 0 Å². The van der Waals surface area contributed by atoms with E-state index in [9.17, 15) is 18.3 Å². The minimum atomic E-state index is -3.89. The van der Waals surface area contributed by atoms with Crippen LogP contribution < -0.4 is 15.5 Å². The number of carbonyl (C=O) groups is 1. The first kappa shape index (κ1) is 23.2. The molecule has 0 radical (unpaired) electrons. The zero-order valence-corrected chi connectivity index (χ0v) is 18.1. The first-order chi connectivity index (χ1) is 14.1. The molecule has 0 aliphatic carbocycles. The van der Waals surface area contributed by atoms with Gasteiger partial charge in [-0.15, -0.1) is 0 Å². The molecule has 0 bridgehead atoms. The summed E-state index contributed by atoms with van der Waals surface area (Å²) >= 11 is 0. The number of phenols is 1. The molecule has 0 unspecified atom stereocenters. The summed E-state index contributed by atoms with van der Waals surface area (Å²) in [6.07, 6.45) is -0.106. The van der Waals surface area contributed by atoms with Gasteiger partial charge in [0.2, 0.25) is 5.91 Å². The van der Waals surface area contributed by atoms with Gasteiger partial charge in [-0.25, -0.2) is 8.42 Å². The number of carbonyl (C=O) groups excluding carboxylic acids is 1. The van der Waals surface area contributed by atoms with Gasteiger partial charge in [0.1, 0.15) is 5.75 Å². The molecule has 2 aromatic rings. The molecule has 2 aromatic carbocycles. The van der Waals surface area contributed by atoms with Crippen molar-refractivity contribution >= 4 is 21.6 Å². The van der Waals surface area contributed by atoms with E-state index in [0.29, 0.717) is 16.8 Å². The summed E-state index contributed by atoms with van der Waals surface area (Å²) in [6, 6.07) is 9.56. The van der Waals surface area contributed by atoms with Crippen molar-refractivity contribution in [2.24, 2.45) is 0 Å². The molecular weight excluding hydrogens is 406 g/mol. The van der Waals surface area contributed by atoms with Gasteiger partial charge in [0, 0.05) is 17.8 Å². The Hall–Kier alpha value is -3.04. The molecule has 0 saturated carbocycles. The average molecular weight is 434 g/mol. The lowest BCUT2D eigenvalue weighted by molar-refractivity contribution is -0.120. The van der Waals surface area contributed by atoms with Crippen LogP contribution in [0.25, 0.3) is 0 Å². The lowest BCUT2D eigenvalue weighted by Gasteiger charge is -2.15. The minimum absolute atomic E-state index is 0.0129. The first-order valence-electron chi connectivity index (χ1n) is 9.31. The maximum Gasteiger partial charge on any atom is 0.262 e. The van der Waals surface area contributed by atoms with Crippen LogP contribution in [-0.2, 0) is 26.1 Å². The molecule has 0 aromatic heterocycles. The Bertz CT molecular complexity index is 1030. The number of hydrogen-bond acceptors (Lipinski definition) is 6. The fraction of sp³-hybridized carbons (Fsp3) is 0.286. The van der Waals surface area contributed by atoms with Gasteiger partial charge < -0.3 is 10.4 Å². The lowest BCUT2D eigenvalue weighted by Crippen LogP contribution is -2.30. The summed E-state index contributed by atoms with van der Waals surface area (Å²) in [5, 5.41) is 13.3. The smallest absolute Gasteiger partial charge is 0.262 e. The Kier molecular flexibility index (Phi) is 7.85. The highest BCUT2D eigenvalue weighted by molar-refractivity contribution is 7.92. The second kappa shape index (κ2) is 10.1. The van der Waals surface area contributed by atoms with Crippen molar-refractivity contribution in [3.8, 4) is 5.75 Å². The molecule has 9 heteroatoms. The van der Waals surface area contributed by atoms with Gasteiger partial charge in [-0.2, -0.15) is 0 Å². The lowest BCUT2D eigenvalue weighted by atomic mass is 10.0. The van der Waals surface area contributed by atoms with Crippen molar-refractivity contribution in [2.75, 3.05) is 17.9 Å². The van der Waals surface area contributed by atoms with Gasteiger partial charge in [-0.3, -0.25) is 19.8 Å². The summed E-state index contributed by atoms with van der Waals surface area (Å²) in [7, 11) is -3.89. The number of nitrogens with one attached hydrogen (secondary N) is 3. The van der Waals surface area contributed by atoms with Gasteiger partial charge >= 0.3 is 0 Å². The third kappa shape index (κ3) is 6.50. The highest BCUT2D eigenvalue weighted by atomic mass is 32.2. The number of hydroxylamine groups is 1. The summed E-state index contributed by atoms with van der Waals surface area (Å²) < 4.78 is 27.7. The molecule has 0 heterocycles. The van der Waals surface area contributed by atoms with Crippen LogP contribution in [-0.4, -0.2) is 32.6 Å². The number of sulfonamides is 1. The van der Waals surface area contributed by atoms with E-state index < -0.39 is 10.0 Å². The molecule has 0 saturated heterocycles. The maximum atomic E-state index is 12.6. The van der Waals surface area contributed by atoms with Crippen LogP contribution in [0.2, 0.25) is 0 Å². The van der Waals surface area contributed by atoms with Gasteiger partial charge in [0.05, 0.1) is 23.6 Å². The van der Waals surface area contributed by atoms with E-state index in [1.54, 1.807) is 39.0 Å². The fourth-order valence-corrected chi connectivity index (χ4v) is 3.84. The van der Waals surface area contributed by atoms with Crippen molar-refractivity contribution in [3.63, 3.8) is 0 Å². The van der Waals surface area contributed by atoms with E-state index in [-0.39, 0.29) is 41.8 Å². The zero-order chi connectivity index (χ0) is 22.3. The van der Waals surface area contributed by atoms with Crippen molar-refractivity contribution in [2.45, 2.75) is 32.1 Å². The Morgan fingerprint density at radius 3 is 2.60 bits per heavy atom. The Morgan fingerprint density at radius 1 is 1.20 bits per heavy atom. The third-order valence-electron chi connectivity index (χ3n) is 4.17. The summed E-state index contributed by atoms with van der Waals surface area (Å²) in [6.45, 7) is 9.39. The SMILES string of the molecule is C=C(C)NOCCNC(=O)Cc1c(C)ccc(NS(=O)(=O)c2cccc(C)c2)c1O. The topological polar surface area (TPSA) is 117 Å². The molecular formula is C21H27N3O5S. The predicted molar refractivity (Wildman–Crippen MR) is 115 cm³/mol. The van der Waals surface area contributed by atoms with Crippen LogP contribution >= 0.6 is 0 Å². The number of allylic oxidation sites excluding steroid dienone is 1. The monoisotopic (exact) mass is 433 g/mol. The highest BCUT2D eigenvalue weighted by Gasteiger charge is 2.19. The second-order valence-corrected chi connectivity index (χ2v) is 8.62. The van der Waals surface area contributed by atoms with E-state index in [1.165, 1.54) is 18.2 Å². The van der Waals surface area contributed by atoms with Crippen LogP contribution in [0.3, 0.4) is 0 Å². The molecule has 0 atom stereocenters. The molecule has 162 valence electrons. The number of phenolic OH excluding ortho intramolecular Hbond substituents is 1. The van der Waals surface area contributed by atoms with Crippen LogP contribution in [0.15, 0.2) is 53.6 Å². The number of aromatic hydroxyl groups is 1. The second-order valence-electron chi connectivity index (χ2n) is 6.94. The number of benzene rings is 2. The van der Waals surface area contributed by atoms with Crippen molar-refractivity contribution < 1.29 is 23.2 Å². The first-order valence-corrected chi connectivity index (χ1v) is 10.8. The van der Waals surface area contributed by atoms with Crippen LogP contribution in [0.4, 0.5) is 5.69 Å². The van der Waals surface area contributed by atoms with Crippen molar-refractivity contribution in [1.29, 1.82) is 0 Å². The molecule has 1 amide bonds. The van der Waals surface area contributed by atoms with Crippen molar-refractivity contribution in [3.05, 3.63) is 65.4 Å². The predicted octanol–water partition coefficient (Wildman–Crippen LogP) is 2.52. The Labute approximate surface area is 177 Å². The quantitative estimate of drug-likeness (QED) is 0.260. The third-order valence-corrected chi connectivity index (χ3v) is 5.53. The van der Waals surface area contributed by atoms with E-state index in [0.717, 1.165) is 5.56 Å². The van der Waals surface area contributed by atoms with E-state index in [1.807, 2.05) is 0 Å². The fourth-order valence-electron chi connectivity index (χ4n) is 2.67. The Morgan fingerprint density at radius 2 is 1.93 bits per heavy atom. The van der Waals surface area contributed by atoms with Gasteiger partial charge in [-0.1, -0.05) is 24.8 Å². The standard InChI is InChI=1S/C21H27N3O5S/c1-14(2)23-29-11-10-22-20(25)13-18-16(4)8-9-19(21(18)26)24-30(27,28)17-7-5-6-15(3)12-17/h5-9,12,23-24,26H,1,10-11,13H2,2-4H3,(H,22,25). The molecule has 30 heavy (non-hydrogen) atoms. The van der Waals surface area contributed by atoms with Gasteiger partial charge in [-0.05, 0) is 50.1 Å². The largest absolute Gasteiger partial charge is 0.505 e. The zero-order valence-electron chi connectivity index (χ0n) is 17.3. The molecule has 2 rings (SSSR count). The maximum absolute atomic E-state index is 12.6. The number of aryl methyl sites for hydroxylation is 2.